The second kappa shape index (κ2) is 9.34. The zero-order valence-electron chi connectivity index (χ0n) is 20.0. The van der Waals surface area contributed by atoms with Gasteiger partial charge in [-0.1, -0.05) is 42.5 Å². The molecule has 1 aliphatic carbocycles. The lowest BCUT2D eigenvalue weighted by atomic mass is 9.97. The van der Waals surface area contributed by atoms with E-state index >= 15 is 0 Å². The number of carbonyl (C=O) groups is 1. The first-order valence-electron chi connectivity index (χ1n) is 12.6. The van der Waals surface area contributed by atoms with Gasteiger partial charge in [0.25, 0.3) is 0 Å². The number of carbonyl (C=O) groups excluding carboxylic acids is 1. The highest BCUT2D eigenvalue weighted by Crippen LogP contribution is 2.48. The Morgan fingerprint density at radius 1 is 1.14 bits per heavy atom. The largest absolute Gasteiger partial charge is 0.507 e. The molecule has 2 N–H and O–H groups in total. The van der Waals surface area contributed by atoms with E-state index in [1.807, 2.05) is 36.4 Å². The highest BCUT2D eigenvalue weighted by molar-refractivity contribution is 6.36. The van der Waals surface area contributed by atoms with Crippen molar-refractivity contribution < 1.29 is 9.90 Å². The van der Waals surface area contributed by atoms with Gasteiger partial charge in [-0.05, 0) is 54.3 Å². The van der Waals surface area contributed by atoms with Crippen LogP contribution in [0.4, 0.5) is 5.82 Å². The van der Waals surface area contributed by atoms with Crippen LogP contribution >= 0.6 is 0 Å². The summed E-state index contributed by atoms with van der Waals surface area (Å²) in [7, 11) is 6.13. The number of hydrogen-bond acceptors (Lipinski definition) is 5. The van der Waals surface area contributed by atoms with Crippen molar-refractivity contribution in [1.82, 2.24) is 19.5 Å². The van der Waals surface area contributed by atoms with E-state index in [9.17, 15) is 9.90 Å². The lowest BCUT2D eigenvalue weighted by Crippen LogP contribution is -2.42. The van der Waals surface area contributed by atoms with Crippen molar-refractivity contribution in [2.75, 3.05) is 25.0 Å². The summed E-state index contributed by atoms with van der Waals surface area (Å²) < 4.78 is 1.69. The Morgan fingerprint density at radius 2 is 1.94 bits per heavy atom. The SMILES string of the molecule is [B]c1cnn2c(NCC3CCCN(C(=O)[C@@H]4C[C@H]4c4ccccc4)C3)cc(-c3ccccc3O)nc12. The number of likely N-dealkylation sites (tertiary alicyclic amines) is 1. The molecular formula is C28H28BN5O2. The molecule has 36 heavy (non-hydrogen) atoms. The summed E-state index contributed by atoms with van der Waals surface area (Å²) in [5.74, 6) is 2.02. The van der Waals surface area contributed by atoms with Crippen LogP contribution in [0, 0.1) is 11.8 Å². The quantitative estimate of drug-likeness (QED) is 0.417. The van der Waals surface area contributed by atoms with Gasteiger partial charge in [0.2, 0.25) is 5.91 Å². The molecule has 1 saturated carbocycles. The Morgan fingerprint density at radius 3 is 2.78 bits per heavy atom. The number of nitrogens with one attached hydrogen (secondary N) is 1. The first-order chi connectivity index (χ1) is 17.6. The summed E-state index contributed by atoms with van der Waals surface area (Å²) in [5.41, 5.74) is 3.54. The Balaban J connectivity index is 1.16. The maximum absolute atomic E-state index is 13.2. The molecule has 3 heterocycles. The second-order valence-corrected chi connectivity index (χ2v) is 9.91. The molecule has 7 nitrogen and oxygen atoms in total. The van der Waals surface area contributed by atoms with Gasteiger partial charge >= 0.3 is 0 Å². The third kappa shape index (κ3) is 4.32. The van der Waals surface area contributed by atoms with E-state index in [0.717, 1.165) is 38.2 Å². The number of rotatable bonds is 6. The van der Waals surface area contributed by atoms with E-state index in [-0.39, 0.29) is 11.7 Å². The highest BCUT2D eigenvalue weighted by atomic mass is 16.3. The van der Waals surface area contributed by atoms with Gasteiger partial charge in [0.05, 0.1) is 5.69 Å². The molecule has 1 amide bonds. The van der Waals surface area contributed by atoms with E-state index in [0.29, 0.717) is 46.7 Å². The molecule has 2 aliphatic rings. The van der Waals surface area contributed by atoms with Crippen LogP contribution in [-0.2, 0) is 4.79 Å². The maximum atomic E-state index is 13.2. The van der Waals surface area contributed by atoms with Gasteiger partial charge < -0.3 is 15.3 Å². The Hall–Kier alpha value is -3.81. The predicted octanol–water partition coefficient (Wildman–Crippen LogP) is 3.35. The smallest absolute Gasteiger partial charge is 0.226 e. The van der Waals surface area contributed by atoms with Crippen molar-refractivity contribution in [2.45, 2.75) is 25.2 Å². The highest BCUT2D eigenvalue weighted by Gasteiger charge is 2.46. The van der Waals surface area contributed by atoms with E-state index in [4.69, 9.17) is 7.85 Å². The molecule has 2 aromatic heterocycles. The summed E-state index contributed by atoms with van der Waals surface area (Å²) in [6, 6.07) is 19.4. The molecule has 3 atom stereocenters. The molecule has 180 valence electrons. The summed E-state index contributed by atoms with van der Waals surface area (Å²) >= 11 is 0. The van der Waals surface area contributed by atoms with Gasteiger partial charge in [0.1, 0.15) is 19.4 Å². The molecule has 4 aromatic rings. The molecule has 8 heteroatoms. The minimum atomic E-state index is 0.118. The number of para-hydroxylation sites is 1. The monoisotopic (exact) mass is 477 g/mol. The second-order valence-electron chi connectivity index (χ2n) is 9.91. The molecule has 0 bridgehead atoms. The van der Waals surface area contributed by atoms with Crippen LogP contribution in [-0.4, -0.2) is 58.0 Å². The van der Waals surface area contributed by atoms with E-state index < -0.39 is 0 Å². The fraction of sp³-hybridized carbons (Fsp3) is 0.321. The first-order valence-corrected chi connectivity index (χ1v) is 12.6. The number of phenols is 1. The van der Waals surface area contributed by atoms with Crippen molar-refractivity contribution in [3.8, 4) is 17.0 Å². The molecule has 6 rings (SSSR count). The lowest BCUT2D eigenvalue weighted by Gasteiger charge is -2.33. The summed E-state index contributed by atoms with van der Waals surface area (Å²) in [5, 5.41) is 18.3. The van der Waals surface area contributed by atoms with Gasteiger partial charge in [-0.25, -0.2) is 4.98 Å². The van der Waals surface area contributed by atoms with Gasteiger partial charge in [-0.2, -0.15) is 9.61 Å². The average molecular weight is 477 g/mol. The Bertz CT molecular complexity index is 1410. The maximum Gasteiger partial charge on any atom is 0.226 e. The molecule has 2 radical (unpaired) electrons. The van der Waals surface area contributed by atoms with Gasteiger partial charge in [-0.15, -0.1) is 0 Å². The van der Waals surface area contributed by atoms with Crippen molar-refractivity contribution >= 4 is 30.7 Å². The van der Waals surface area contributed by atoms with Crippen LogP contribution in [0.3, 0.4) is 0 Å². The first kappa shape index (κ1) is 22.6. The normalized spacial score (nSPS) is 21.4. The topological polar surface area (TPSA) is 82.8 Å². The van der Waals surface area contributed by atoms with Crippen molar-refractivity contribution in [3.63, 3.8) is 0 Å². The predicted molar refractivity (Wildman–Crippen MR) is 141 cm³/mol. The summed E-state index contributed by atoms with van der Waals surface area (Å²) in [4.78, 5) is 19.9. The Kier molecular flexibility index (Phi) is 5.87. The van der Waals surface area contributed by atoms with Crippen LogP contribution in [0.15, 0.2) is 66.9 Å². The fourth-order valence-corrected chi connectivity index (χ4v) is 5.39. The van der Waals surface area contributed by atoms with Crippen molar-refractivity contribution in [3.05, 3.63) is 72.4 Å². The van der Waals surface area contributed by atoms with Gasteiger partial charge in [0, 0.05) is 43.4 Å². The molecule has 1 aliphatic heterocycles. The third-order valence-corrected chi connectivity index (χ3v) is 7.42. The number of phenolic OH excluding ortho intramolecular Hbond substituents is 1. The molecule has 2 fully saturated rings. The number of piperidine rings is 1. The Labute approximate surface area is 211 Å². The number of hydrogen-bond donors (Lipinski definition) is 2. The zero-order chi connectivity index (χ0) is 24.6. The molecule has 0 spiro atoms. The van der Waals surface area contributed by atoms with E-state index in [1.54, 1.807) is 22.8 Å². The van der Waals surface area contributed by atoms with Crippen molar-refractivity contribution in [1.29, 1.82) is 0 Å². The van der Waals surface area contributed by atoms with E-state index in [1.165, 1.54) is 5.56 Å². The number of nitrogens with zero attached hydrogens (tertiary/aromatic N) is 4. The number of aromatic hydroxyl groups is 1. The number of anilines is 1. The van der Waals surface area contributed by atoms with Crippen LogP contribution in [0.25, 0.3) is 16.9 Å². The minimum Gasteiger partial charge on any atom is -0.507 e. The van der Waals surface area contributed by atoms with Crippen LogP contribution in [0.2, 0.25) is 0 Å². The number of amides is 1. The summed E-state index contributed by atoms with van der Waals surface area (Å²) in [6.45, 7) is 2.29. The molecular weight excluding hydrogens is 449 g/mol. The molecule has 2 aromatic carbocycles. The average Bonchev–Trinajstić information content (AvgIpc) is 3.64. The van der Waals surface area contributed by atoms with E-state index in [2.05, 4.69) is 32.4 Å². The van der Waals surface area contributed by atoms with Crippen LogP contribution < -0.4 is 10.8 Å². The number of fused-ring (bicyclic) bond motifs is 1. The number of aromatic nitrogens is 3. The fourth-order valence-electron chi connectivity index (χ4n) is 5.39. The minimum absolute atomic E-state index is 0.118. The summed E-state index contributed by atoms with van der Waals surface area (Å²) in [6.07, 6.45) is 4.60. The standard InChI is InChI=1S/C28H28BN5O2/c29-23-16-31-34-26(14-24(32-27(23)34)20-10-4-5-11-25(20)35)30-15-18-7-6-12-33(17-18)28(36)22-13-21(22)19-8-2-1-3-9-19/h1-5,8-11,14,16,18,21-22,30,35H,6-7,12-13,15,17H2/t18?,21-,22+/m0/s1. The van der Waals surface area contributed by atoms with Crippen LogP contribution in [0.5, 0.6) is 5.75 Å². The molecule has 1 unspecified atom stereocenters. The number of benzene rings is 2. The lowest BCUT2D eigenvalue weighted by molar-refractivity contribution is -0.134. The van der Waals surface area contributed by atoms with Gasteiger partial charge in [-0.3, -0.25) is 4.79 Å². The third-order valence-electron chi connectivity index (χ3n) is 7.42. The molecule has 1 saturated heterocycles. The van der Waals surface area contributed by atoms with Crippen LogP contribution in [0.1, 0.15) is 30.7 Å². The van der Waals surface area contributed by atoms with Gasteiger partial charge in [0.15, 0.2) is 5.65 Å². The zero-order valence-corrected chi connectivity index (χ0v) is 20.0. The van der Waals surface area contributed by atoms with Crippen molar-refractivity contribution in [2.24, 2.45) is 11.8 Å².